The van der Waals surface area contributed by atoms with E-state index in [0.717, 1.165) is 61.5 Å². The zero-order valence-corrected chi connectivity index (χ0v) is 29.5. The van der Waals surface area contributed by atoms with E-state index >= 15 is 0 Å². The number of carbonyl (C=O) groups excluding carboxylic acids is 1. The number of rotatable bonds is 14. The third-order valence-corrected chi connectivity index (χ3v) is 8.58. The normalized spacial score (nSPS) is 19.1. The maximum absolute atomic E-state index is 10.6. The van der Waals surface area contributed by atoms with E-state index in [4.69, 9.17) is 21.1 Å². The van der Waals surface area contributed by atoms with Crippen LogP contribution in [0.3, 0.4) is 0 Å². The molecule has 0 spiro atoms. The smallest absolute Gasteiger partial charge is 0.244 e. The second-order valence-corrected chi connectivity index (χ2v) is 12.1. The lowest BCUT2D eigenvalue weighted by molar-refractivity contribution is -0.107. The molecule has 0 amide bonds. The molecule has 2 aromatic carbocycles. The highest BCUT2D eigenvalue weighted by molar-refractivity contribution is 6.31. The van der Waals surface area contributed by atoms with Crippen molar-refractivity contribution in [3.63, 3.8) is 0 Å². The third kappa shape index (κ3) is 14.6. The SMILES string of the molecule is C=C(CC1CCCN1C)NC.C=N/N=C(\OCC1CCCC(C(=C)NCC=O)C1)c1cc(Cl)ccc1OCC.CNc1ccccc1. The predicted molar refractivity (Wildman–Crippen MR) is 198 cm³/mol. The first-order valence-electron chi connectivity index (χ1n) is 16.5. The quantitative estimate of drug-likeness (QED) is 0.0852. The molecule has 258 valence electrons. The molecule has 9 nitrogen and oxygen atoms in total. The van der Waals surface area contributed by atoms with E-state index in [1.54, 1.807) is 18.2 Å². The molecule has 0 aromatic heterocycles. The Bertz CT molecular complexity index is 1270. The standard InChI is InChI=1S/C21H28ClN3O3.C9H18N2.C7H9N/c1-4-27-20-9-8-18(22)13-19(20)21(25-23-3)28-14-16-6-5-7-17(12-16)15(2)24-10-11-26;1-8(10-2)7-9-5-4-6-11(9)3;1-8-7-5-3-2-4-6-7/h8-9,11,13,16-17,24H,2-7,10,12,14H2,1H3;9-10H,1,4-7H2,2-3H3;2-6,8H,1H3/b25-21-;;. The van der Waals surface area contributed by atoms with Crippen LogP contribution in [0.2, 0.25) is 5.02 Å². The number of carbonyl (C=O) groups is 1. The van der Waals surface area contributed by atoms with Crippen LogP contribution in [0.15, 0.2) is 83.3 Å². The second-order valence-electron chi connectivity index (χ2n) is 11.7. The number of anilines is 1. The molecule has 10 heteroatoms. The fourth-order valence-electron chi connectivity index (χ4n) is 5.68. The minimum absolute atomic E-state index is 0.299. The first-order valence-corrected chi connectivity index (χ1v) is 16.9. The van der Waals surface area contributed by atoms with Crippen LogP contribution in [0, 0.1) is 11.8 Å². The molecule has 3 unspecified atom stereocenters. The van der Waals surface area contributed by atoms with Crippen molar-refractivity contribution >= 4 is 36.2 Å². The molecule has 0 bridgehead atoms. The van der Waals surface area contributed by atoms with E-state index in [-0.39, 0.29) is 0 Å². The zero-order valence-electron chi connectivity index (χ0n) is 28.8. The summed E-state index contributed by atoms with van der Waals surface area (Å²) < 4.78 is 11.7. The molecule has 2 aromatic rings. The number of benzene rings is 2. The van der Waals surface area contributed by atoms with Crippen molar-refractivity contribution in [3.05, 3.63) is 83.7 Å². The van der Waals surface area contributed by atoms with Crippen molar-refractivity contribution < 1.29 is 14.3 Å². The first kappa shape index (κ1) is 39.4. The topological polar surface area (TPSA) is 99.6 Å². The fourth-order valence-corrected chi connectivity index (χ4v) is 5.85. The Kier molecular flexibility index (Phi) is 19.0. The number of hydrogen-bond acceptors (Lipinski definition) is 9. The van der Waals surface area contributed by atoms with Crippen molar-refractivity contribution in [1.82, 2.24) is 15.5 Å². The Labute approximate surface area is 287 Å². The molecule has 2 fully saturated rings. The van der Waals surface area contributed by atoms with Crippen molar-refractivity contribution in [3.8, 4) is 5.75 Å². The van der Waals surface area contributed by atoms with Gasteiger partial charge in [-0.2, -0.15) is 5.10 Å². The molecule has 3 N–H and O–H groups in total. The van der Waals surface area contributed by atoms with E-state index in [0.29, 0.717) is 53.8 Å². The highest BCUT2D eigenvalue weighted by atomic mass is 35.5. The zero-order chi connectivity index (χ0) is 34.4. The minimum Gasteiger partial charge on any atom is -0.493 e. The first-order chi connectivity index (χ1) is 22.8. The number of nitrogens with zero attached hydrogens (tertiary/aromatic N) is 3. The van der Waals surface area contributed by atoms with Gasteiger partial charge in [-0.05, 0) is 94.8 Å². The van der Waals surface area contributed by atoms with Gasteiger partial charge in [0, 0.05) is 55.4 Å². The van der Waals surface area contributed by atoms with E-state index in [9.17, 15) is 4.79 Å². The van der Waals surface area contributed by atoms with E-state index in [1.165, 1.54) is 19.4 Å². The highest BCUT2D eigenvalue weighted by Gasteiger charge is 2.25. The van der Waals surface area contributed by atoms with Gasteiger partial charge in [0.15, 0.2) is 0 Å². The molecular formula is C37H55ClN6O3. The van der Waals surface area contributed by atoms with Gasteiger partial charge in [0.05, 0.1) is 25.3 Å². The maximum Gasteiger partial charge on any atom is 0.244 e. The van der Waals surface area contributed by atoms with Gasteiger partial charge >= 0.3 is 0 Å². The largest absolute Gasteiger partial charge is 0.493 e. The summed E-state index contributed by atoms with van der Waals surface area (Å²) in [6, 6.07) is 16.1. The number of para-hydroxylation sites is 1. The Morgan fingerprint density at radius 1 is 1.11 bits per heavy atom. The number of nitrogens with one attached hydrogen (secondary N) is 3. The maximum atomic E-state index is 10.6. The highest BCUT2D eigenvalue weighted by Crippen LogP contribution is 2.33. The summed E-state index contributed by atoms with van der Waals surface area (Å²) in [4.78, 5) is 13.0. The van der Waals surface area contributed by atoms with Gasteiger partial charge in [0.25, 0.3) is 0 Å². The summed E-state index contributed by atoms with van der Waals surface area (Å²) in [5.74, 6) is 1.69. The molecule has 1 saturated heterocycles. The fraction of sp³-hybridized carbons (Fsp3) is 0.486. The summed E-state index contributed by atoms with van der Waals surface area (Å²) >= 11 is 6.15. The number of halogens is 1. The number of likely N-dealkylation sites (tertiary alicyclic amines) is 1. The van der Waals surface area contributed by atoms with E-state index in [1.807, 2.05) is 51.4 Å². The van der Waals surface area contributed by atoms with Crippen LogP contribution in [0.5, 0.6) is 5.75 Å². The Balaban J connectivity index is 0.000000326. The summed E-state index contributed by atoms with van der Waals surface area (Å²) in [7, 11) is 6.05. The average Bonchev–Trinajstić information content (AvgIpc) is 3.50. The molecular weight excluding hydrogens is 612 g/mol. The number of aldehydes is 1. The van der Waals surface area contributed by atoms with Crippen LogP contribution in [0.25, 0.3) is 0 Å². The number of allylic oxidation sites excluding steroid dienone is 1. The Hall–Kier alpha value is -3.82. The summed E-state index contributed by atoms with van der Waals surface area (Å²) in [5.41, 5.74) is 3.90. The third-order valence-electron chi connectivity index (χ3n) is 8.35. The lowest BCUT2D eigenvalue weighted by Gasteiger charge is -2.30. The number of hydrogen-bond donors (Lipinski definition) is 3. The second kappa shape index (κ2) is 22.7. The van der Waals surface area contributed by atoms with Gasteiger partial charge in [0.2, 0.25) is 5.90 Å². The molecule has 1 aliphatic carbocycles. The molecule has 0 radical (unpaired) electrons. The number of ether oxygens (including phenoxy) is 2. The van der Waals surface area contributed by atoms with Crippen LogP contribution in [0.1, 0.15) is 57.4 Å². The molecule has 47 heavy (non-hydrogen) atoms. The predicted octanol–water partition coefficient (Wildman–Crippen LogP) is 7.16. The van der Waals surface area contributed by atoms with Crippen LogP contribution >= 0.6 is 11.6 Å². The average molecular weight is 667 g/mol. The molecule has 1 saturated carbocycles. The molecule has 4 rings (SSSR count). The van der Waals surface area contributed by atoms with Crippen LogP contribution in [0.4, 0.5) is 5.69 Å². The van der Waals surface area contributed by atoms with Gasteiger partial charge in [-0.1, -0.05) is 49.4 Å². The lowest BCUT2D eigenvalue weighted by Crippen LogP contribution is -2.28. The van der Waals surface area contributed by atoms with Gasteiger partial charge in [-0.15, -0.1) is 5.10 Å². The molecule has 1 aliphatic heterocycles. The monoisotopic (exact) mass is 666 g/mol. The minimum atomic E-state index is 0.299. The van der Waals surface area contributed by atoms with Crippen molar-refractivity contribution in [2.45, 2.75) is 57.9 Å². The Morgan fingerprint density at radius 3 is 2.47 bits per heavy atom. The van der Waals surface area contributed by atoms with Crippen LogP contribution < -0.4 is 20.7 Å². The lowest BCUT2D eigenvalue weighted by atomic mass is 9.80. The van der Waals surface area contributed by atoms with Crippen molar-refractivity contribution in [2.75, 3.05) is 52.8 Å². The molecule has 2 aliphatic rings. The van der Waals surface area contributed by atoms with Gasteiger partial charge in [0.1, 0.15) is 12.0 Å². The van der Waals surface area contributed by atoms with E-state index < -0.39 is 0 Å². The van der Waals surface area contributed by atoms with Gasteiger partial charge in [-0.25, -0.2) is 0 Å². The van der Waals surface area contributed by atoms with Gasteiger partial charge in [-0.3, -0.25) is 0 Å². The summed E-state index contributed by atoms with van der Waals surface area (Å²) in [5, 5.41) is 17.5. The van der Waals surface area contributed by atoms with Gasteiger partial charge < -0.3 is 35.1 Å². The van der Waals surface area contributed by atoms with Crippen LogP contribution in [-0.2, 0) is 9.53 Å². The summed E-state index contributed by atoms with van der Waals surface area (Å²) in [6.07, 6.45) is 8.81. The summed E-state index contributed by atoms with van der Waals surface area (Å²) in [6.45, 7) is 15.9. The molecule has 3 atom stereocenters. The molecule has 1 heterocycles. The van der Waals surface area contributed by atoms with E-state index in [2.05, 4.69) is 58.0 Å². The van der Waals surface area contributed by atoms with Crippen LogP contribution in [-0.4, -0.2) is 77.3 Å². The van der Waals surface area contributed by atoms with Crippen molar-refractivity contribution in [2.24, 2.45) is 22.0 Å². The van der Waals surface area contributed by atoms with Crippen molar-refractivity contribution in [1.29, 1.82) is 0 Å². The Morgan fingerprint density at radius 2 is 1.87 bits per heavy atom.